The van der Waals surface area contributed by atoms with Gasteiger partial charge >= 0.3 is 5.97 Å². The highest BCUT2D eigenvalue weighted by Gasteiger charge is 2.34. The molecule has 2 fully saturated rings. The van der Waals surface area contributed by atoms with Gasteiger partial charge < -0.3 is 10.0 Å². The second kappa shape index (κ2) is 11.6. The summed E-state index contributed by atoms with van der Waals surface area (Å²) in [6, 6.07) is 19.9. The van der Waals surface area contributed by atoms with Gasteiger partial charge in [-0.3, -0.25) is 9.69 Å². The number of pyridine rings is 1. The zero-order valence-corrected chi connectivity index (χ0v) is 22.7. The van der Waals surface area contributed by atoms with Crippen molar-refractivity contribution in [2.75, 3.05) is 26.2 Å². The number of aromatic carboxylic acids is 1. The molecule has 41 heavy (non-hydrogen) atoms. The van der Waals surface area contributed by atoms with Crippen LogP contribution in [0.5, 0.6) is 0 Å². The van der Waals surface area contributed by atoms with E-state index >= 15 is 0 Å². The van der Waals surface area contributed by atoms with Crippen LogP contribution < -0.4 is 0 Å². The van der Waals surface area contributed by atoms with Gasteiger partial charge in [-0.05, 0) is 73.8 Å². The van der Waals surface area contributed by atoms with E-state index < -0.39 is 5.97 Å². The molecule has 0 unspecified atom stereocenters. The van der Waals surface area contributed by atoms with Crippen LogP contribution in [-0.4, -0.2) is 67.7 Å². The zero-order valence-electron chi connectivity index (χ0n) is 22.7. The van der Waals surface area contributed by atoms with E-state index in [1.165, 1.54) is 23.8 Å². The number of aromatic nitrogens is 3. The van der Waals surface area contributed by atoms with Crippen LogP contribution in [0.2, 0.25) is 0 Å². The normalized spacial score (nSPS) is 18.1. The molecule has 0 spiro atoms. The Morgan fingerprint density at radius 3 is 2.29 bits per heavy atom. The Hall–Kier alpha value is -4.37. The summed E-state index contributed by atoms with van der Waals surface area (Å²) >= 11 is 0. The fourth-order valence-electron chi connectivity index (χ4n) is 6.08. The summed E-state index contributed by atoms with van der Waals surface area (Å²) in [4.78, 5) is 33.3. The van der Waals surface area contributed by atoms with Crippen LogP contribution in [0.3, 0.4) is 0 Å². The molecule has 1 atom stereocenters. The van der Waals surface area contributed by atoms with Gasteiger partial charge in [0.25, 0.3) is 5.91 Å². The average Bonchev–Trinajstić information content (AvgIpc) is 3.67. The third-order valence-corrected chi connectivity index (χ3v) is 8.28. The van der Waals surface area contributed by atoms with Crippen molar-refractivity contribution < 1.29 is 19.1 Å². The maximum Gasteiger partial charge on any atom is 0.354 e. The molecule has 8 nitrogen and oxygen atoms in total. The Kier molecular flexibility index (Phi) is 7.61. The summed E-state index contributed by atoms with van der Waals surface area (Å²) in [5.74, 6) is -0.929. The van der Waals surface area contributed by atoms with Crippen molar-refractivity contribution in [1.29, 1.82) is 0 Å². The molecule has 0 saturated carbocycles. The summed E-state index contributed by atoms with van der Waals surface area (Å²) in [6.45, 7) is 3.68. The smallest absolute Gasteiger partial charge is 0.354 e. The van der Waals surface area contributed by atoms with Gasteiger partial charge in [0.05, 0.1) is 23.1 Å². The van der Waals surface area contributed by atoms with Crippen LogP contribution in [-0.2, 0) is 6.54 Å². The fourth-order valence-corrected chi connectivity index (χ4v) is 6.08. The van der Waals surface area contributed by atoms with Crippen molar-refractivity contribution >= 4 is 11.9 Å². The number of halogens is 1. The van der Waals surface area contributed by atoms with Crippen molar-refractivity contribution in [2.45, 2.75) is 37.6 Å². The number of carbonyl (C=O) groups excluding carboxylic acids is 1. The van der Waals surface area contributed by atoms with Crippen LogP contribution in [0.15, 0.2) is 79.1 Å². The highest BCUT2D eigenvalue weighted by Crippen LogP contribution is 2.35. The number of piperidine rings is 1. The lowest BCUT2D eigenvalue weighted by Crippen LogP contribution is -2.34. The van der Waals surface area contributed by atoms with Gasteiger partial charge in [0.15, 0.2) is 0 Å². The molecule has 4 aromatic rings. The number of carbonyl (C=O) groups is 2. The van der Waals surface area contributed by atoms with Crippen molar-refractivity contribution in [3.63, 3.8) is 0 Å². The number of hydrogen-bond acceptors (Lipinski definition) is 5. The molecule has 2 saturated heterocycles. The summed E-state index contributed by atoms with van der Waals surface area (Å²) in [5.41, 5.74) is 4.49. The number of hydrogen-bond donors (Lipinski definition) is 1. The third kappa shape index (κ3) is 5.76. The number of carboxylic acid groups (broad SMARTS) is 1. The molecule has 2 aromatic heterocycles. The first-order valence-corrected chi connectivity index (χ1v) is 14.0. The SMILES string of the molecule is O=C(O)c1ccc(CN2CCC(c3c(C(=O)N4CC[C@H](c5ccccc5)C4)cnn3-c3ccc(F)cc3)CC2)cn1. The first-order chi connectivity index (χ1) is 20.0. The summed E-state index contributed by atoms with van der Waals surface area (Å²) < 4.78 is 15.5. The molecule has 0 bridgehead atoms. The predicted octanol–water partition coefficient (Wildman–Crippen LogP) is 5.11. The highest BCUT2D eigenvalue weighted by molar-refractivity contribution is 5.95. The molecule has 1 N–H and O–H groups in total. The minimum atomic E-state index is -1.04. The molecule has 2 aromatic carbocycles. The Morgan fingerprint density at radius 2 is 1.61 bits per heavy atom. The first kappa shape index (κ1) is 26.8. The van der Waals surface area contributed by atoms with Crippen molar-refractivity contribution in [1.82, 2.24) is 24.6 Å². The van der Waals surface area contributed by atoms with Gasteiger partial charge in [0, 0.05) is 37.7 Å². The van der Waals surface area contributed by atoms with E-state index in [1.54, 1.807) is 24.5 Å². The minimum absolute atomic E-state index is 0.00110. The fraction of sp³-hybridized carbons (Fsp3) is 0.312. The van der Waals surface area contributed by atoms with Crippen molar-refractivity contribution in [2.24, 2.45) is 0 Å². The summed E-state index contributed by atoms with van der Waals surface area (Å²) in [6.07, 6.45) is 5.90. The molecule has 4 heterocycles. The van der Waals surface area contributed by atoms with Gasteiger partial charge in [0.2, 0.25) is 0 Å². The van der Waals surface area contributed by atoms with Crippen LogP contribution >= 0.6 is 0 Å². The maximum atomic E-state index is 13.9. The average molecular weight is 554 g/mol. The number of amides is 1. The third-order valence-electron chi connectivity index (χ3n) is 8.28. The predicted molar refractivity (Wildman–Crippen MR) is 152 cm³/mol. The standard InChI is InChI=1S/C32H32FN5O3/c33-26-7-9-27(10-8-26)38-30(24-12-15-36(16-13-24)20-22-6-11-29(32(40)41)34-18-22)28(19-35-38)31(39)37-17-14-25(21-37)23-4-2-1-3-5-23/h1-11,18-19,24-25H,12-17,20-21H2,(H,40,41)/t25-/m0/s1. The molecule has 6 rings (SSSR count). The van der Waals surface area contributed by atoms with Crippen molar-refractivity contribution in [3.05, 3.63) is 113 Å². The minimum Gasteiger partial charge on any atom is -0.477 e. The van der Waals surface area contributed by atoms with E-state index in [9.17, 15) is 14.0 Å². The molecule has 0 aliphatic carbocycles. The maximum absolute atomic E-state index is 13.9. The van der Waals surface area contributed by atoms with E-state index in [0.29, 0.717) is 31.1 Å². The Labute approximate surface area is 238 Å². The molecular weight excluding hydrogens is 521 g/mol. The molecule has 210 valence electrons. The van der Waals surface area contributed by atoms with Gasteiger partial charge in [0.1, 0.15) is 11.5 Å². The second-order valence-corrected chi connectivity index (χ2v) is 10.9. The molecular formula is C32H32FN5O3. The molecule has 2 aliphatic heterocycles. The van der Waals surface area contributed by atoms with Crippen LogP contribution in [0.4, 0.5) is 4.39 Å². The summed E-state index contributed by atoms with van der Waals surface area (Å²) in [5, 5.41) is 13.8. The Balaban J connectivity index is 1.21. The van der Waals surface area contributed by atoms with Crippen LogP contribution in [0.25, 0.3) is 5.69 Å². The Bertz CT molecular complexity index is 1510. The van der Waals surface area contributed by atoms with Gasteiger partial charge in [-0.1, -0.05) is 36.4 Å². The zero-order chi connectivity index (χ0) is 28.3. The highest BCUT2D eigenvalue weighted by atomic mass is 19.1. The van der Waals surface area contributed by atoms with Gasteiger partial charge in [-0.2, -0.15) is 5.10 Å². The molecule has 9 heteroatoms. The lowest BCUT2D eigenvalue weighted by Gasteiger charge is -2.33. The quantitative estimate of drug-likeness (QED) is 0.342. The number of carboxylic acids is 1. The first-order valence-electron chi connectivity index (χ1n) is 14.0. The van der Waals surface area contributed by atoms with Crippen LogP contribution in [0.1, 0.15) is 68.8 Å². The monoisotopic (exact) mass is 553 g/mol. The van der Waals surface area contributed by atoms with E-state index in [4.69, 9.17) is 5.11 Å². The topological polar surface area (TPSA) is 91.6 Å². The Morgan fingerprint density at radius 1 is 0.878 bits per heavy atom. The lowest BCUT2D eigenvalue weighted by molar-refractivity contribution is 0.0689. The largest absolute Gasteiger partial charge is 0.477 e. The molecule has 1 amide bonds. The lowest BCUT2D eigenvalue weighted by atomic mass is 9.90. The van der Waals surface area contributed by atoms with E-state index in [1.807, 2.05) is 33.8 Å². The van der Waals surface area contributed by atoms with E-state index in [0.717, 1.165) is 49.3 Å². The van der Waals surface area contributed by atoms with Gasteiger partial charge in [-0.25, -0.2) is 18.9 Å². The van der Waals surface area contributed by atoms with Crippen LogP contribution in [0, 0.1) is 5.82 Å². The second-order valence-electron chi connectivity index (χ2n) is 10.9. The molecule has 2 aliphatic rings. The van der Waals surface area contributed by atoms with Gasteiger partial charge in [-0.15, -0.1) is 0 Å². The van der Waals surface area contributed by atoms with E-state index in [2.05, 4.69) is 27.1 Å². The number of likely N-dealkylation sites (tertiary alicyclic amines) is 2. The number of nitrogens with zero attached hydrogens (tertiary/aromatic N) is 5. The molecule has 0 radical (unpaired) electrons. The summed E-state index contributed by atoms with van der Waals surface area (Å²) in [7, 11) is 0. The number of rotatable bonds is 7. The van der Waals surface area contributed by atoms with Crippen molar-refractivity contribution in [3.8, 4) is 5.69 Å². The number of benzene rings is 2. The van der Waals surface area contributed by atoms with E-state index in [-0.39, 0.29) is 23.3 Å².